The number of phosphoric ester groups is 1. The predicted octanol–water partition coefficient (Wildman–Crippen LogP) is -42.1. The molecule has 0 amide bonds. The van der Waals surface area contributed by atoms with Crippen LogP contribution in [-0.4, -0.2) is 39.3 Å². The first-order valence-corrected chi connectivity index (χ1v) is 24.2. The standard InChI is InChI=1S/C4H16O36P10.9K.2Na/c5-1(3(7)8)2(6)4(9)31-42(13,14)33-44(17,18)35-46(21,22)37-48(25,26)39-50(29,30)40-49(27,28)38-47(23,24)36-45(19,20)34-43(15,16)32-41(10,11)12;;;;;;;;;;;/h1-2,5-6H,(H,7,8)(H,13,14)(H,15,16)(H,17,18)(H,19,20)(H,21,22)(H,23,24)(H,25,26)(H,27,28)(H,29,30)(H2,10,11,12);;;;;;;;;;;/q;11*+1/p-11. The van der Waals surface area contributed by atoms with Gasteiger partial charge in [-0.05, 0) is 0 Å². The van der Waals surface area contributed by atoms with Crippen LogP contribution in [0.4, 0.5) is 0 Å². The topological polar surface area (TPSA) is 611 Å². The molecule has 57 heteroatoms. The fourth-order valence-electron chi connectivity index (χ4n) is 1.66. The molecule has 0 aromatic carbocycles. The third kappa shape index (κ3) is 56.0. The van der Waals surface area contributed by atoms with Gasteiger partial charge in [-0.3, -0.25) is 45.7 Å². The van der Waals surface area contributed by atoms with Crippen molar-refractivity contribution in [3.05, 3.63) is 0 Å². The van der Waals surface area contributed by atoms with Crippen LogP contribution >= 0.6 is 78.2 Å². The molecule has 0 saturated heterocycles. The van der Waals surface area contributed by atoms with Gasteiger partial charge in [-0.1, -0.05) is 0 Å². The molecule has 0 radical (unpaired) electrons. The molecule has 298 valence electrons. The second kappa shape index (κ2) is 45.5. The van der Waals surface area contributed by atoms with Crippen LogP contribution in [0.3, 0.4) is 0 Å². The van der Waals surface area contributed by atoms with Gasteiger partial charge < -0.3 is 78.5 Å². The molecule has 0 heterocycles. The van der Waals surface area contributed by atoms with Crippen LogP contribution in [0, 0.1) is 0 Å². The average molecular weight is 1340 g/mol. The van der Waals surface area contributed by atoms with Crippen LogP contribution in [-0.2, 0) is 98.6 Å². The minimum atomic E-state index is -7.43. The van der Waals surface area contributed by atoms with E-state index in [9.17, 15) is 109 Å². The summed E-state index contributed by atoms with van der Waals surface area (Å²) in [5.74, 6) is -5.40. The molecule has 61 heavy (non-hydrogen) atoms. The van der Waals surface area contributed by atoms with Gasteiger partial charge in [0.1, 0.15) is 6.10 Å². The zero-order valence-electron chi connectivity index (χ0n) is 32.4. The number of rotatable bonds is 22. The molecule has 0 rings (SSSR count). The van der Waals surface area contributed by atoms with Crippen LogP contribution in [0.1, 0.15) is 0 Å². The summed E-state index contributed by atoms with van der Waals surface area (Å²) in [5, 5.41) is 28.1. The van der Waals surface area contributed by atoms with Crippen molar-refractivity contribution < 1.29 is 689 Å². The Morgan fingerprint density at radius 1 is 0.361 bits per heavy atom. The van der Waals surface area contributed by atoms with E-state index in [1.54, 1.807) is 0 Å². The van der Waals surface area contributed by atoms with E-state index >= 15 is 0 Å². The van der Waals surface area contributed by atoms with Crippen molar-refractivity contribution in [2.75, 3.05) is 0 Å². The van der Waals surface area contributed by atoms with E-state index in [1.807, 2.05) is 0 Å². The summed E-state index contributed by atoms with van der Waals surface area (Å²) in [6.45, 7) is 0. The van der Waals surface area contributed by atoms with Gasteiger partial charge in [0.25, 0.3) is 70.4 Å². The summed E-state index contributed by atoms with van der Waals surface area (Å²) in [6, 6.07) is 0. The number of hydrogen-bond acceptors (Lipinski definition) is 35. The van der Waals surface area contributed by atoms with Crippen molar-refractivity contribution in [3.8, 4) is 0 Å². The molecule has 0 saturated carbocycles. The summed E-state index contributed by atoms with van der Waals surface area (Å²) in [4.78, 5) is 142. The molecule has 36 nitrogen and oxygen atoms in total. The first kappa shape index (κ1) is 106. The van der Waals surface area contributed by atoms with Crippen molar-refractivity contribution >= 4 is 90.2 Å². The number of aliphatic carboxylic acids is 1. The second-order valence-corrected chi connectivity index (χ2v) is 21.9. The fourth-order valence-corrected chi connectivity index (χ4v) is 14.1. The third-order valence-electron chi connectivity index (χ3n) is 2.79. The quantitative estimate of drug-likeness (QED) is 0.0669. The Bertz CT molecular complexity index is 1820. The van der Waals surface area contributed by atoms with E-state index in [0.29, 0.717) is 0 Å². The van der Waals surface area contributed by atoms with Crippen molar-refractivity contribution in [2.24, 2.45) is 0 Å². The Hall–Kier alpha value is 17.1. The minimum absolute atomic E-state index is 0. The predicted molar refractivity (Wildman–Crippen MR) is 111 cm³/mol. The van der Waals surface area contributed by atoms with Gasteiger partial charge in [-0.15, -0.1) is 0 Å². The van der Waals surface area contributed by atoms with Gasteiger partial charge in [0, 0.05) is 0 Å². The normalized spacial score (nSPS) is 21.1. The summed E-state index contributed by atoms with van der Waals surface area (Å²) in [5.41, 5.74) is 0. The second-order valence-electron chi connectivity index (χ2n) is 6.85. The number of aliphatic hydroxyl groups excluding tert-OH is 2. The van der Waals surface area contributed by atoms with E-state index in [4.69, 9.17) is 15.1 Å². The molecule has 12 unspecified atom stereocenters. The van der Waals surface area contributed by atoms with Crippen LogP contribution in [0.2, 0.25) is 0 Å². The first-order chi connectivity index (χ1) is 21.5. The molecule has 0 aromatic rings. The zero-order valence-corrected chi connectivity index (χ0v) is 73.5. The summed E-state index contributed by atoms with van der Waals surface area (Å²) >= 11 is 0. The maximum absolute atomic E-state index is 11.5. The maximum Gasteiger partial charge on any atom is 1.00 e. The molecule has 0 aliphatic heterocycles. The van der Waals surface area contributed by atoms with Gasteiger partial charge in [-0.2, -0.15) is 0 Å². The van der Waals surface area contributed by atoms with Crippen molar-refractivity contribution in [1.29, 1.82) is 0 Å². The molecule has 0 fully saturated rings. The molecule has 3 N–H and O–H groups in total. The fraction of sp³-hybridized carbons (Fsp3) is 0.500. The average Bonchev–Trinajstić information content (AvgIpc) is 2.67. The smallest absolute Gasteiger partial charge is 0.756 e. The van der Waals surface area contributed by atoms with E-state index in [-0.39, 0.29) is 522 Å². The summed E-state index contributed by atoms with van der Waals surface area (Å²) < 4.78 is 141. The van der Waals surface area contributed by atoms with Crippen LogP contribution < -0.4 is 576 Å². The Morgan fingerprint density at radius 3 is 0.689 bits per heavy atom. The van der Waals surface area contributed by atoms with Crippen molar-refractivity contribution in [2.45, 2.75) is 12.2 Å². The van der Waals surface area contributed by atoms with E-state index < -0.39 is 102 Å². The number of carboxylic acids is 1. The number of aliphatic hydroxyl groups is 2. The monoisotopic (exact) mass is 1340 g/mol. The molecule has 0 bridgehead atoms. The van der Waals surface area contributed by atoms with Crippen molar-refractivity contribution in [1.82, 2.24) is 0 Å². The number of carbonyl (C=O) groups excluding carboxylic acids is 2. The molecular formula is C4H5K9Na2O36P10. The Morgan fingerprint density at radius 2 is 0.525 bits per heavy atom. The number of hydrogen-bond donors (Lipinski definition) is 3. The SMILES string of the molecule is O=C([O-])C(O)C(O)C(=O)OP(=O)([O-])OP(=O)([O-])OP(=O)([O-])OP(=O)([O-])OP(=O)([O-])OP(=O)([O-])OP(=O)([O-])OP(=O)([O-])OP(=O)([O-])OP(=O)([O-])O.[K+].[K+].[K+].[K+].[K+].[K+].[K+].[K+].[K+].[Na+].[Na+]. The van der Waals surface area contributed by atoms with E-state index in [1.165, 1.54) is 0 Å². The van der Waals surface area contributed by atoms with E-state index in [0.717, 1.165) is 0 Å². The van der Waals surface area contributed by atoms with Gasteiger partial charge in [0.15, 0.2) is 6.10 Å². The van der Waals surface area contributed by atoms with Crippen LogP contribution in [0.15, 0.2) is 0 Å². The van der Waals surface area contributed by atoms with Gasteiger partial charge >= 0.3 is 535 Å². The molecule has 0 aromatic heterocycles. The molecular weight excluding hydrogens is 1330 g/mol. The largest absolute Gasteiger partial charge is 1.00 e. The van der Waals surface area contributed by atoms with Crippen molar-refractivity contribution in [3.63, 3.8) is 0 Å². The molecule has 0 aliphatic carbocycles. The van der Waals surface area contributed by atoms with E-state index in [2.05, 4.69) is 43.3 Å². The molecule has 0 aliphatic rings. The summed E-state index contributed by atoms with van der Waals surface area (Å²) in [6.07, 6.45) is -6.59. The van der Waals surface area contributed by atoms with Crippen LogP contribution in [0.25, 0.3) is 0 Å². The van der Waals surface area contributed by atoms with Crippen LogP contribution in [0.5, 0.6) is 0 Å². The number of phosphoric acid groups is 10. The Balaban J connectivity index is -0.000000218. The zero-order chi connectivity index (χ0) is 40.4. The van der Waals surface area contributed by atoms with Gasteiger partial charge in [0.05, 0.1) is 5.97 Å². The maximum atomic E-state index is 11.5. The summed E-state index contributed by atoms with van der Waals surface area (Å²) in [7, 11) is -71.4. The number of carboxylic acid groups (broad SMARTS) is 1. The molecule has 0 spiro atoms. The Kier molecular flexibility index (Phi) is 79.2. The van der Waals surface area contributed by atoms with Gasteiger partial charge in [0.2, 0.25) is 0 Å². The number of carbonyl (C=O) groups is 2. The third-order valence-corrected chi connectivity index (χ3v) is 17.6. The molecule has 12 atom stereocenters. The first-order valence-electron chi connectivity index (χ1n) is 9.56. The minimum Gasteiger partial charge on any atom is -0.756 e. The van der Waals surface area contributed by atoms with Gasteiger partial charge in [-0.25, -0.2) is 43.6 Å². The Labute approximate surface area is 767 Å².